The maximum Gasteiger partial charge on any atom is 0.246 e. The van der Waals surface area contributed by atoms with Gasteiger partial charge < -0.3 is 10.2 Å². The highest BCUT2D eigenvalue weighted by Gasteiger charge is 2.46. The monoisotopic (exact) mass is 266 g/mol. The molecule has 2 aliphatic rings. The number of carbonyl (C=O) groups is 2. The van der Waals surface area contributed by atoms with Gasteiger partial charge in [-0.25, -0.2) is 0 Å². The largest absolute Gasteiger partial charge is 0.342 e. The third-order valence-corrected chi connectivity index (χ3v) is 4.59. The van der Waals surface area contributed by atoms with Gasteiger partial charge in [0.1, 0.15) is 11.6 Å². The first-order valence-electron chi connectivity index (χ1n) is 7.59. The normalized spacial score (nSPS) is 27.7. The van der Waals surface area contributed by atoms with Gasteiger partial charge in [-0.3, -0.25) is 9.59 Å². The molecule has 2 amide bonds. The molecule has 1 aliphatic carbocycles. The van der Waals surface area contributed by atoms with E-state index in [9.17, 15) is 9.59 Å². The summed E-state index contributed by atoms with van der Waals surface area (Å²) < 4.78 is 0. The first-order chi connectivity index (χ1) is 8.96. The fraction of sp³-hybridized carbons (Fsp3) is 0.867. The third-order valence-electron chi connectivity index (χ3n) is 4.59. The summed E-state index contributed by atoms with van der Waals surface area (Å²) in [5.74, 6) is 0.679. The van der Waals surface area contributed by atoms with E-state index in [4.69, 9.17) is 0 Å². The van der Waals surface area contributed by atoms with Gasteiger partial charge in [0.2, 0.25) is 11.8 Å². The fourth-order valence-corrected chi connectivity index (χ4v) is 3.24. The van der Waals surface area contributed by atoms with E-state index in [2.05, 4.69) is 5.32 Å². The van der Waals surface area contributed by atoms with Gasteiger partial charge in [-0.1, -0.05) is 26.2 Å². The van der Waals surface area contributed by atoms with Gasteiger partial charge in [0.25, 0.3) is 0 Å². The molecule has 0 aromatic carbocycles. The van der Waals surface area contributed by atoms with E-state index in [0.29, 0.717) is 5.92 Å². The van der Waals surface area contributed by atoms with Crippen molar-refractivity contribution in [2.75, 3.05) is 6.54 Å². The maximum atomic E-state index is 12.6. The second kappa shape index (κ2) is 5.51. The highest BCUT2D eigenvalue weighted by atomic mass is 16.2. The molecule has 108 valence electrons. The Labute approximate surface area is 115 Å². The zero-order valence-corrected chi connectivity index (χ0v) is 12.4. The molecule has 4 heteroatoms. The molecular formula is C15H26N2O2. The van der Waals surface area contributed by atoms with Crippen LogP contribution in [0.1, 0.15) is 59.3 Å². The molecule has 0 aromatic heterocycles. The van der Waals surface area contributed by atoms with Gasteiger partial charge in [-0.15, -0.1) is 0 Å². The molecule has 2 rings (SSSR count). The number of carbonyl (C=O) groups excluding carboxylic acids is 2. The number of nitrogens with zero attached hydrogens (tertiary/aromatic N) is 1. The lowest BCUT2D eigenvalue weighted by molar-refractivity contribution is -0.156. The van der Waals surface area contributed by atoms with Gasteiger partial charge in [0.05, 0.1) is 0 Å². The number of hydrogen-bond acceptors (Lipinski definition) is 2. The van der Waals surface area contributed by atoms with E-state index in [1.54, 1.807) is 0 Å². The second-order valence-electron chi connectivity index (χ2n) is 6.47. The molecule has 2 fully saturated rings. The molecule has 0 spiro atoms. The Morgan fingerprint density at radius 3 is 2.47 bits per heavy atom. The minimum atomic E-state index is -0.704. The molecule has 0 aromatic rings. The van der Waals surface area contributed by atoms with E-state index in [-0.39, 0.29) is 17.9 Å². The lowest BCUT2D eigenvalue weighted by Gasteiger charge is -2.45. The van der Waals surface area contributed by atoms with Crippen LogP contribution < -0.4 is 5.32 Å². The standard InChI is InChI=1S/C15H26N2O2/c1-4-7-12-13(18)17(10-11-8-5-6-9-11)15(2,3)14(19)16-12/h11-12H,4-10H2,1-3H3,(H,16,19). The predicted molar refractivity (Wildman–Crippen MR) is 74.6 cm³/mol. The lowest BCUT2D eigenvalue weighted by Crippen LogP contribution is -2.68. The SMILES string of the molecule is CCCC1NC(=O)C(C)(C)N(CC2CCCC2)C1=O. The molecule has 19 heavy (non-hydrogen) atoms. The minimum absolute atomic E-state index is 0.0106. The molecule has 1 unspecified atom stereocenters. The van der Waals surface area contributed by atoms with Crippen LogP contribution in [0.5, 0.6) is 0 Å². The van der Waals surface area contributed by atoms with E-state index in [1.807, 2.05) is 25.7 Å². The van der Waals surface area contributed by atoms with Crippen LogP contribution in [0.3, 0.4) is 0 Å². The summed E-state index contributed by atoms with van der Waals surface area (Å²) in [6, 6.07) is -0.313. The molecule has 4 nitrogen and oxygen atoms in total. The third kappa shape index (κ3) is 2.77. The van der Waals surface area contributed by atoms with E-state index in [1.165, 1.54) is 25.7 Å². The summed E-state index contributed by atoms with van der Waals surface area (Å²) in [6.07, 6.45) is 6.56. The molecule has 1 saturated carbocycles. The van der Waals surface area contributed by atoms with Gasteiger partial charge in [0.15, 0.2) is 0 Å². The Morgan fingerprint density at radius 1 is 1.26 bits per heavy atom. The van der Waals surface area contributed by atoms with Crippen LogP contribution in [0.2, 0.25) is 0 Å². The van der Waals surface area contributed by atoms with Gasteiger partial charge in [-0.2, -0.15) is 0 Å². The molecular weight excluding hydrogens is 240 g/mol. The van der Waals surface area contributed by atoms with E-state index in [0.717, 1.165) is 19.4 Å². The van der Waals surface area contributed by atoms with Crippen molar-refractivity contribution >= 4 is 11.8 Å². The highest BCUT2D eigenvalue weighted by Crippen LogP contribution is 2.30. The Morgan fingerprint density at radius 2 is 1.89 bits per heavy atom. The Bertz CT molecular complexity index is 359. The van der Waals surface area contributed by atoms with Gasteiger partial charge in [0, 0.05) is 6.54 Å². The first kappa shape index (κ1) is 14.4. The summed E-state index contributed by atoms with van der Waals surface area (Å²) in [5, 5.41) is 2.88. The summed E-state index contributed by atoms with van der Waals surface area (Å²) >= 11 is 0. The molecule has 0 bridgehead atoms. The van der Waals surface area contributed by atoms with Crippen molar-refractivity contribution in [2.45, 2.75) is 70.9 Å². The zero-order chi connectivity index (χ0) is 14.0. The minimum Gasteiger partial charge on any atom is -0.342 e. The summed E-state index contributed by atoms with van der Waals surface area (Å²) in [6.45, 7) is 6.51. The van der Waals surface area contributed by atoms with Crippen LogP contribution in [0.15, 0.2) is 0 Å². The number of rotatable bonds is 4. The summed E-state index contributed by atoms with van der Waals surface area (Å²) in [5.41, 5.74) is -0.704. The molecule has 1 saturated heterocycles. The number of hydrogen-bond donors (Lipinski definition) is 1. The fourth-order valence-electron chi connectivity index (χ4n) is 3.24. The average molecular weight is 266 g/mol. The van der Waals surface area contributed by atoms with Crippen molar-refractivity contribution in [1.29, 1.82) is 0 Å². The van der Waals surface area contributed by atoms with Crippen molar-refractivity contribution in [1.82, 2.24) is 10.2 Å². The predicted octanol–water partition coefficient (Wildman–Crippen LogP) is 2.08. The van der Waals surface area contributed by atoms with Crippen molar-refractivity contribution in [3.63, 3.8) is 0 Å². The topological polar surface area (TPSA) is 49.4 Å². The quantitative estimate of drug-likeness (QED) is 0.847. The van der Waals surface area contributed by atoms with Crippen molar-refractivity contribution in [3.8, 4) is 0 Å². The van der Waals surface area contributed by atoms with Crippen LogP contribution in [-0.2, 0) is 9.59 Å². The van der Waals surface area contributed by atoms with Crippen LogP contribution >= 0.6 is 0 Å². The zero-order valence-electron chi connectivity index (χ0n) is 12.4. The Kier molecular flexibility index (Phi) is 4.16. The Balaban J connectivity index is 2.14. The van der Waals surface area contributed by atoms with Crippen molar-refractivity contribution in [3.05, 3.63) is 0 Å². The summed E-state index contributed by atoms with van der Waals surface area (Å²) in [4.78, 5) is 26.6. The van der Waals surface area contributed by atoms with E-state index >= 15 is 0 Å². The molecule has 1 N–H and O–H groups in total. The Hall–Kier alpha value is -1.06. The van der Waals surface area contributed by atoms with Crippen molar-refractivity contribution in [2.24, 2.45) is 5.92 Å². The summed E-state index contributed by atoms with van der Waals surface area (Å²) in [7, 11) is 0. The van der Waals surface area contributed by atoms with Crippen LogP contribution in [0.25, 0.3) is 0 Å². The van der Waals surface area contributed by atoms with Crippen molar-refractivity contribution < 1.29 is 9.59 Å². The molecule has 1 aliphatic heterocycles. The molecule has 1 heterocycles. The molecule has 1 atom stereocenters. The number of piperazine rings is 1. The molecule has 0 radical (unpaired) electrons. The number of nitrogens with one attached hydrogen (secondary N) is 1. The van der Waals surface area contributed by atoms with E-state index < -0.39 is 5.54 Å². The maximum absolute atomic E-state index is 12.6. The van der Waals surface area contributed by atoms with Gasteiger partial charge in [-0.05, 0) is 39.0 Å². The first-order valence-corrected chi connectivity index (χ1v) is 7.59. The van der Waals surface area contributed by atoms with Crippen LogP contribution in [-0.4, -0.2) is 34.8 Å². The smallest absolute Gasteiger partial charge is 0.246 e. The second-order valence-corrected chi connectivity index (χ2v) is 6.47. The van der Waals surface area contributed by atoms with Gasteiger partial charge >= 0.3 is 0 Å². The number of amides is 2. The average Bonchev–Trinajstić information content (AvgIpc) is 2.85. The highest BCUT2D eigenvalue weighted by molar-refractivity contribution is 5.99. The van der Waals surface area contributed by atoms with Crippen LogP contribution in [0.4, 0.5) is 0 Å². The van der Waals surface area contributed by atoms with Crippen LogP contribution in [0, 0.1) is 5.92 Å². The lowest BCUT2D eigenvalue weighted by atomic mass is 9.92.